The third-order valence-electron chi connectivity index (χ3n) is 6.48. The highest BCUT2D eigenvalue weighted by atomic mass is 32.2. The first kappa shape index (κ1) is 27.3. The predicted octanol–water partition coefficient (Wildman–Crippen LogP) is 3.02. The Balaban J connectivity index is 1.72. The molecular weight excluding hydrogens is 502 g/mol. The molecule has 0 spiro atoms. The van der Waals surface area contributed by atoms with E-state index in [0.29, 0.717) is 11.3 Å². The Hall–Kier alpha value is -3.71. The minimum atomic E-state index is -3.97. The average molecular weight is 534 g/mol. The van der Waals surface area contributed by atoms with Gasteiger partial charge in [-0.25, -0.2) is 8.42 Å². The molecule has 9 heteroatoms. The average Bonchev–Trinajstić information content (AvgIpc) is 2.93. The van der Waals surface area contributed by atoms with Gasteiger partial charge in [0.05, 0.1) is 13.2 Å². The molecule has 1 aliphatic rings. The molecule has 198 valence electrons. The number of fused-ring (bicyclic) bond motifs is 1. The number of pyridine rings is 1. The zero-order chi connectivity index (χ0) is 27.3. The Labute approximate surface area is 223 Å². The number of likely N-dealkylation sites (N-methyl/N-ethyl adjacent to an activating group) is 1. The van der Waals surface area contributed by atoms with Crippen LogP contribution < -0.4 is 4.74 Å². The van der Waals surface area contributed by atoms with E-state index < -0.39 is 22.2 Å². The number of aromatic nitrogens is 1. The van der Waals surface area contributed by atoms with Crippen LogP contribution in [0.5, 0.6) is 5.75 Å². The van der Waals surface area contributed by atoms with Crippen LogP contribution in [0, 0.1) is 17.8 Å². The Morgan fingerprint density at radius 2 is 1.84 bits per heavy atom. The minimum absolute atomic E-state index is 0.00123. The molecule has 0 unspecified atom stereocenters. The van der Waals surface area contributed by atoms with E-state index in [1.807, 2.05) is 37.3 Å². The molecular formula is C29H31N3O5S. The van der Waals surface area contributed by atoms with Gasteiger partial charge in [-0.2, -0.15) is 4.31 Å². The summed E-state index contributed by atoms with van der Waals surface area (Å²) < 4.78 is 35.0. The van der Waals surface area contributed by atoms with Crippen molar-refractivity contribution in [3.05, 3.63) is 89.7 Å². The SMILES string of the molecule is C[C@@H]1CN([C@H](C)CO)S(=O)(=O)c2ccc(C#Cc3ccccc3)cc2O[C@@H]1CN(C)C(=O)c1ccccn1. The summed E-state index contributed by atoms with van der Waals surface area (Å²) in [5, 5.41) is 9.83. The molecule has 1 aliphatic heterocycles. The van der Waals surface area contributed by atoms with Gasteiger partial charge in [0.25, 0.3) is 5.91 Å². The molecule has 0 bridgehead atoms. The summed E-state index contributed by atoms with van der Waals surface area (Å²) in [5.41, 5.74) is 1.73. The topological polar surface area (TPSA) is 100 Å². The number of aliphatic hydroxyl groups excluding tert-OH is 1. The molecule has 1 amide bonds. The second-order valence-electron chi connectivity index (χ2n) is 9.42. The first-order valence-electron chi connectivity index (χ1n) is 12.4. The summed E-state index contributed by atoms with van der Waals surface area (Å²) >= 11 is 0. The number of nitrogens with zero attached hydrogens (tertiary/aromatic N) is 3. The molecule has 3 aromatic rings. The van der Waals surface area contributed by atoms with Crippen LogP contribution >= 0.6 is 0 Å². The number of hydrogen-bond donors (Lipinski definition) is 1. The van der Waals surface area contributed by atoms with E-state index in [-0.39, 0.29) is 42.2 Å². The highest BCUT2D eigenvalue weighted by Crippen LogP contribution is 2.34. The van der Waals surface area contributed by atoms with Gasteiger partial charge in [0.2, 0.25) is 10.0 Å². The van der Waals surface area contributed by atoms with Crippen LogP contribution in [0.4, 0.5) is 0 Å². The lowest BCUT2D eigenvalue weighted by Crippen LogP contribution is -2.50. The van der Waals surface area contributed by atoms with Gasteiger partial charge >= 0.3 is 0 Å². The molecule has 1 aromatic heterocycles. The van der Waals surface area contributed by atoms with Gasteiger partial charge in [-0.3, -0.25) is 9.78 Å². The summed E-state index contributed by atoms with van der Waals surface area (Å²) in [7, 11) is -2.31. The molecule has 0 saturated carbocycles. The number of sulfonamides is 1. The monoisotopic (exact) mass is 533 g/mol. The fraction of sp³-hybridized carbons (Fsp3) is 0.310. The Bertz CT molecular complexity index is 1440. The maximum atomic E-state index is 13.7. The van der Waals surface area contributed by atoms with E-state index in [0.717, 1.165) is 5.56 Å². The molecule has 0 aliphatic carbocycles. The quantitative estimate of drug-likeness (QED) is 0.506. The lowest BCUT2D eigenvalue weighted by atomic mass is 10.0. The Morgan fingerprint density at radius 1 is 1.13 bits per heavy atom. The van der Waals surface area contributed by atoms with Crippen LogP contribution in [0.25, 0.3) is 0 Å². The summed E-state index contributed by atoms with van der Waals surface area (Å²) in [6, 6.07) is 18.7. The van der Waals surface area contributed by atoms with Crippen molar-refractivity contribution >= 4 is 15.9 Å². The molecule has 4 rings (SSSR count). The van der Waals surface area contributed by atoms with Gasteiger partial charge in [0.15, 0.2) is 0 Å². The number of aliphatic hydroxyl groups is 1. The lowest BCUT2D eigenvalue weighted by Gasteiger charge is -2.37. The van der Waals surface area contributed by atoms with Crippen molar-refractivity contribution in [2.24, 2.45) is 5.92 Å². The highest BCUT2D eigenvalue weighted by molar-refractivity contribution is 7.89. The first-order valence-corrected chi connectivity index (χ1v) is 13.8. The highest BCUT2D eigenvalue weighted by Gasteiger charge is 2.38. The molecule has 2 heterocycles. The number of amides is 1. The maximum absolute atomic E-state index is 13.7. The molecule has 2 aromatic carbocycles. The summed E-state index contributed by atoms with van der Waals surface area (Å²) in [6.07, 6.45) is 1.02. The third-order valence-corrected chi connectivity index (χ3v) is 8.50. The van der Waals surface area contributed by atoms with Crippen LogP contribution in [0.3, 0.4) is 0 Å². The molecule has 0 fully saturated rings. The Morgan fingerprint density at radius 3 is 2.53 bits per heavy atom. The second-order valence-corrected chi connectivity index (χ2v) is 11.3. The van der Waals surface area contributed by atoms with E-state index in [9.17, 15) is 18.3 Å². The second kappa shape index (κ2) is 11.8. The van der Waals surface area contributed by atoms with Gasteiger partial charge in [0.1, 0.15) is 22.4 Å². The largest absolute Gasteiger partial charge is 0.487 e. The number of rotatable bonds is 5. The van der Waals surface area contributed by atoms with Crippen LogP contribution in [-0.2, 0) is 10.0 Å². The van der Waals surface area contributed by atoms with Gasteiger partial charge in [-0.05, 0) is 49.4 Å². The van der Waals surface area contributed by atoms with Crippen molar-refractivity contribution in [2.45, 2.75) is 30.9 Å². The van der Waals surface area contributed by atoms with Crippen LogP contribution in [0.15, 0.2) is 77.8 Å². The zero-order valence-electron chi connectivity index (χ0n) is 21.6. The standard InChI is InChI=1S/C29H31N3O5S/c1-21-18-32(22(2)20-33)38(35,36)28-15-14-24(13-12-23-9-5-4-6-10-23)17-26(28)37-27(21)19-31(3)29(34)25-11-7-8-16-30-25/h4-11,14-17,21-22,27,33H,18-20H2,1-3H3/t21-,22-,27-/m1/s1. The van der Waals surface area contributed by atoms with Crippen molar-refractivity contribution < 1.29 is 23.1 Å². The first-order chi connectivity index (χ1) is 18.2. The van der Waals surface area contributed by atoms with E-state index in [1.54, 1.807) is 50.5 Å². The number of ether oxygens (including phenoxy) is 1. The molecule has 38 heavy (non-hydrogen) atoms. The molecule has 3 atom stereocenters. The van der Waals surface area contributed by atoms with Gasteiger partial charge in [-0.1, -0.05) is 43.0 Å². The van der Waals surface area contributed by atoms with E-state index in [1.165, 1.54) is 15.3 Å². The minimum Gasteiger partial charge on any atom is -0.487 e. The fourth-order valence-electron chi connectivity index (χ4n) is 4.22. The maximum Gasteiger partial charge on any atom is 0.272 e. The van der Waals surface area contributed by atoms with Crippen LogP contribution in [0.2, 0.25) is 0 Å². The van der Waals surface area contributed by atoms with E-state index >= 15 is 0 Å². The van der Waals surface area contributed by atoms with Gasteiger partial charge in [0, 0.05) is 42.9 Å². The predicted molar refractivity (Wildman–Crippen MR) is 144 cm³/mol. The lowest BCUT2D eigenvalue weighted by molar-refractivity contribution is 0.0559. The fourth-order valence-corrected chi connectivity index (χ4v) is 6.05. The van der Waals surface area contributed by atoms with Crippen LogP contribution in [0.1, 0.15) is 35.5 Å². The summed E-state index contributed by atoms with van der Waals surface area (Å²) in [4.78, 5) is 18.6. The number of benzene rings is 2. The molecule has 1 N–H and O–H groups in total. The third kappa shape index (κ3) is 6.05. The van der Waals surface area contributed by atoms with Crippen LogP contribution in [-0.4, -0.2) is 72.5 Å². The Kier molecular flexibility index (Phi) is 8.47. The number of hydrogen-bond acceptors (Lipinski definition) is 6. The van der Waals surface area contributed by atoms with E-state index in [4.69, 9.17) is 4.74 Å². The summed E-state index contributed by atoms with van der Waals surface area (Å²) in [5.74, 6) is 5.75. The van der Waals surface area contributed by atoms with Crippen molar-refractivity contribution in [2.75, 3.05) is 26.7 Å². The molecule has 0 saturated heterocycles. The van der Waals surface area contributed by atoms with E-state index in [2.05, 4.69) is 16.8 Å². The van der Waals surface area contributed by atoms with Gasteiger partial charge < -0.3 is 14.7 Å². The zero-order valence-corrected chi connectivity index (χ0v) is 22.4. The van der Waals surface area contributed by atoms with Crippen molar-refractivity contribution in [1.29, 1.82) is 0 Å². The molecule has 8 nitrogen and oxygen atoms in total. The van der Waals surface area contributed by atoms with Crippen molar-refractivity contribution in [1.82, 2.24) is 14.2 Å². The van der Waals surface area contributed by atoms with Gasteiger partial charge in [-0.15, -0.1) is 0 Å². The normalized spacial score (nSPS) is 19.5. The molecule has 0 radical (unpaired) electrons. The number of carbonyl (C=O) groups excluding carboxylic acids is 1. The number of carbonyl (C=O) groups is 1. The summed E-state index contributed by atoms with van der Waals surface area (Å²) in [6.45, 7) is 3.54. The smallest absolute Gasteiger partial charge is 0.272 e. The van der Waals surface area contributed by atoms with Crippen molar-refractivity contribution in [3.8, 4) is 17.6 Å². The van der Waals surface area contributed by atoms with Crippen molar-refractivity contribution in [3.63, 3.8) is 0 Å².